The molecule has 1 fully saturated rings. The molecule has 1 unspecified atom stereocenters. The molecule has 0 bridgehead atoms. The second kappa shape index (κ2) is 11.1. The zero-order chi connectivity index (χ0) is 18.8. The number of halogens is 1. The highest BCUT2D eigenvalue weighted by Gasteiger charge is 2.15. The van der Waals surface area contributed by atoms with Gasteiger partial charge in [0.05, 0.1) is 0 Å². The summed E-state index contributed by atoms with van der Waals surface area (Å²) in [6, 6.07) is 6.68. The molecule has 6 heteroatoms. The highest BCUT2D eigenvalue weighted by Crippen LogP contribution is 2.05. The van der Waals surface area contributed by atoms with Gasteiger partial charge in [0.2, 0.25) is 0 Å². The maximum atomic E-state index is 13.0. The minimum Gasteiger partial charge on any atom is -0.357 e. The Morgan fingerprint density at radius 2 is 1.85 bits per heavy atom. The van der Waals surface area contributed by atoms with Crippen molar-refractivity contribution in [1.82, 2.24) is 20.4 Å². The van der Waals surface area contributed by atoms with E-state index in [1.54, 1.807) is 0 Å². The zero-order valence-electron chi connectivity index (χ0n) is 16.5. The van der Waals surface area contributed by atoms with Crippen molar-refractivity contribution in [2.45, 2.75) is 20.3 Å². The smallest absolute Gasteiger partial charge is 0.191 e. The van der Waals surface area contributed by atoms with Crippen LogP contribution in [0.2, 0.25) is 0 Å². The maximum absolute atomic E-state index is 13.0. The Morgan fingerprint density at radius 3 is 2.50 bits per heavy atom. The molecule has 5 nitrogen and oxygen atoms in total. The number of aliphatic imine (C=N–C) groups is 1. The lowest BCUT2D eigenvalue weighted by atomic mass is 10.1. The molecule has 1 aromatic carbocycles. The summed E-state index contributed by atoms with van der Waals surface area (Å²) in [5, 5.41) is 6.67. The van der Waals surface area contributed by atoms with Crippen LogP contribution >= 0.6 is 0 Å². The molecule has 0 aliphatic carbocycles. The van der Waals surface area contributed by atoms with Crippen LogP contribution in [0.1, 0.15) is 19.4 Å². The Bertz CT molecular complexity index is 538. The van der Waals surface area contributed by atoms with Gasteiger partial charge in [0.1, 0.15) is 5.82 Å². The molecule has 2 N–H and O–H groups in total. The fourth-order valence-electron chi connectivity index (χ4n) is 3.09. The summed E-state index contributed by atoms with van der Waals surface area (Å²) in [6.45, 7) is 12.5. The van der Waals surface area contributed by atoms with Crippen LogP contribution in [0.4, 0.5) is 4.39 Å². The van der Waals surface area contributed by atoms with Crippen molar-refractivity contribution in [3.8, 4) is 0 Å². The van der Waals surface area contributed by atoms with Crippen molar-refractivity contribution in [1.29, 1.82) is 0 Å². The van der Waals surface area contributed by atoms with E-state index in [1.165, 1.54) is 12.1 Å². The van der Waals surface area contributed by atoms with E-state index in [1.807, 2.05) is 12.1 Å². The number of piperazine rings is 1. The molecule has 0 saturated carbocycles. The van der Waals surface area contributed by atoms with Crippen LogP contribution in [0.15, 0.2) is 29.3 Å². The third-order valence-electron chi connectivity index (χ3n) is 4.69. The van der Waals surface area contributed by atoms with Crippen LogP contribution < -0.4 is 10.6 Å². The number of nitrogens with zero attached hydrogens (tertiary/aromatic N) is 3. The fourth-order valence-corrected chi connectivity index (χ4v) is 3.09. The first-order valence-electron chi connectivity index (χ1n) is 9.74. The standard InChI is InChI=1S/C20H34FN5/c1-4-22-20(23-10-9-18-5-7-19(21)8-6-18)24-15-17(2)16-26-13-11-25(3)12-14-26/h5-8,17H,4,9-16H2,1-3H3,(H2,22,23,24). The van der Waals surface area contributed by atoms with E-state index in [0.29, 0.717) is 5.92 Å². The number of nitrogens with one attached hydrogen (secondary N) is 2. The molecule has 1 atom stereocenters. The van der Waals surface area contributed by atoms with Crippen molar-refractivity contribution < 1.29 is 4.39 Å². The average Bonchev–Trinajstić information content (AvgIpc) is 2.63. The molecule has 1 heterocycles. The molecular weight excluding hydrogens is 329 g/mol. The number of hydrogen-bond donors (Lipinski definition) is 2. The molecule has 0 spiro atoms. The molecule has 146 valence electrons. The van der Waals surface area contributed by atoms with E-state index in [2.05, 4.69) is 41.3 Å². The first-order chi connectivity index (χ1) is 12.6. The van der Waals surface area contributed by atoms with Crippen LogP contribution in [-0.2, 0) is 6.42 Å². The summed E-state index contributed by atoms with van der Waals surface area (Å²) in [7, 11) is 2.19. The SMILES string of the molecule is CCNC(=NCC(C)CN1CCN(C)CC1)NCCc1ccc(F)cc1. The molecule has 1 aromatic rings. The van der Waals surface area contributed by atoms with Gasteiger partial charge in [-0.05, 0) is 44.0 Å². The minimum absolute atomic E-state index is 0.189. The summed E-state index contributed by atoms with van der Waals surface area (Å²) in [4.78, 5) is 9.66. The summed E-state index contributed by atoms with van der Waals surface area (Å²) >= 11 is 0. The van der Waals surface area contributed by atoms with Gasteiger partial charge in [-0.15, -0.1) is 0 Å². The number of benzene rings is 1. The van der Waals surface area contributed by atoms with Crippen LogP contribution in [0.5, 0.6) is 0 Å². The van der Waals surface area contributed by atoms with Gasteiger partial charge in [-0.1, -0.05) is 19.1 Å². The van der Waals surface area contributed by atoms with Gasteiger partial charge < -0.3 is 20.4 Å². The molecule has 0 aromatic heterocycles. The minimum atomic E-state index is -0.189. The second-order valence-electron chi connectivity index (χ2n) is 7.23. The lowest BCUT2D eigenvalue weighted by molar-refractivity contribution is 0.140. The second-order valence-corrected chi connectivity index (χ2v) is 7.23. The number of likely N-dealkylation sites (N-methyl/N-ethyl adjacent to an activating group) is 1. The Kier molecular flexibility index (Phi) is 8.85. The van der Waals surface area contributed by atoms with Crippen LogP contribution in [-0.4, -0.2) is 75.2 Å². The highest BCUT2D eigenvalue weighted by atomic mass is 19.1. The Balaban J connectivity index is 1.73. The third-order valence-corrected chi connectivity index (χ3v) is 4.69. The summed E-state index contributed by atoms with van der Waals surface area (Å²) in [5.41, 5.74) is 1.12. The van der Waals surface area contributed by atoms with Crippen molar-refractivity contribution in [3.05, 3.63) is 35.6 Å². The molecular formula is C20H34FN5. The van der Waals surface area contributed by atoms with Gasteiger partial charge in [-0.25, -0.2) is 4.39 Å². The molecule has 1 aliphatic heterocycles. The van der Waals surface area contributed by atoms with Gasteiger partial charge in [-0.3, -0.25) is 4.99 Å². The monoisotopic (exact) mass is 363 g/mol. The maximum Gasteiger partial charge on any atom is 0.191 e. The van der Waals surface area contributed by atoms with Crippen molar-refractivity contribution in [2.24, 2.45) is 10.9 Å². The molecule has 1 saturated heterocycles. The van der Waals surface area contributed by atoms with Gasteiger partial charge >= 0.3 is 0 Å². The van der Waals surface area contributed by atoms with E-state index in [4.69, 9.17) is 4.99 Å². The molecule has 0 amide bonds. The highest BCUT2D eigenvalue weighted by molar-refractivity contribution is 5.79. The lowest BCUT2D eigenvalue weighted by Crippen LogP contribution is -2.46. The van der Waals surface area contributed by atoms with E-state index in [0.717, 1.165) is 70.3 Å². The normalized spacial score (nSPS) is 17.9. The Hall–Kier alpha value is -1.66. The first-order valence-corrected chi connectivity index (χ1v) is 9.74. The Morgan fingerprint density at radius 1 is 1.15 bits per heavy atom. The predicted octanol–water partition coefficient (Wildman–Crippen LogP) is 1.81. The topological polar surface area (TPSA) is 42.9 Å². The van der Waals surface area contributed by atoms with Crippen LogP contribution in [0, 0.1) is 11.7 Å². The average molecular weight is 364 g/mol. The molecule has 1 aliphatic rings. The largest absolute Gasteiger partial charge is 0.357 e. The predicted molar refractivity (Wildman–Crippen MR) is 107 cm³/mol. The van der Waals surface area contributed by atoms with Gasteiger partial charge in [0.25, 0.3) is 0 Å². The molecule has 0 radical (unpaired) electrons. The van der Waals surface area contributed by atoms with Crippen LogP contribution in [0.3, 0.4) is 0 Å². The van der Waals surface area contributed by atoms with Gasteiger partial charge in [0.15, 0.2) is 5.96 Å². The Labute approximate surface area is 157 Å². The van der Waals surface area contributed by atoms with E-state index in [9.17, 15) is 4.39 Å². The van der Waals surface area contributed by atoms with E-state index >= 15 is 0 Å². The third kappa shape index (κ3) is 7.70. The summed E-state index contributed by atoms with van der Waals surface area (Å²) < 4.78 is 13.0. The summed E-state index contributed by atoms with van der Waals surface area (Å²) in [5.74, 6) is 1.21. The summed E-state index contributed by atoms with van der Waals surface area (Å²) in [6.07, 6.45) is 0.849. The van der Waals surface area contributed by atoms with Crippen molar-refractivity contribution in [3.63, 3.8) is 0 Å². The van der Waals surface area contributed by atoms with Gasteiger partial charge in [0, 0.05) is 52.4 Å². The lowest BCUT2D eigenvalue weighted by Gasteiger charge is -2.33. The molecule has 26 heavy (non-hydrogen) atoms. The van der Waals surface area contributed by atoms with E-state index < -0.39 is 0 Å². The number of guanidine groups is 1. The van der Waals surface area contributed by atoms with E-state index in [-0.39, 0.29) is 5.82 Å². The number of hydrogen-bond acceptors (Lipinski definition) is 3. The molecule has 2 rings (SSSR count). The van der Waals surface area contributed by atoms with Gasteiger partial charge in [-0.2, -0.15) is 0 Å². The first kappa shape index (κ1) is 20.6. The fraction of sp³-hybridized carbons (Fsp3) is 0.650. The zero-order valence-corrected chi connectivity index (χ0v) is 16.5. The quantitative estimate of drug-likeness (QED) is 0.546. The van der Waals surface area contributed by atoms with Crippen LogP contribution in [0.25, 0.3) is 0 Å². The van der Waals surface area contributed by atoms with Crippen molar-refractivity contribution >= 4 is 5.96 Å². The number of rotatable bonds is 8. The van der Waals surface area contributed by atoms with Crippen molar-refractivity contribution in [2.75, 3.05) is 59.4 Å².